The lowest BCUT2D eigenvalue weighted by Crippen LogP contribution is -2.49. The van der Waals surface area contributed by atoms with Crippen LogP contribution in [0.3, 0.4) is 0 Å². The van der Waals surface area contributed by atoms with E-state index in [1.54, 1.807) is 0 Å². The molecule has 0 spiro atoms. The second-order valence-corrected chi connectivity index (χ2v) is 4.55. The Morgan fingerprint density at radius 2 is 2.39 bits per heavy atom. The second-order valence-electron chi connectivity index (χ2n) is 4.55. The quantitative estimate of drug-likeness (QED) is 0.808. The normalized spacial score (nSPS) is 20.3. The number of aromatic nitrogens is 4. The summed E-state index contributed by atoms with van der Waals surface area (Å²) in [6.45, 7) is 6.81. The molecule has 2 aromatic heterocycles. The van der Waals surface area contributed by atoms with Gasteiger partial charge >= 0.3 is 0 Å². The Kier molecular flexibility index (Phi) is 2.75. The van der Waals surface area contributed by atoms with E-state index in [-0.39, 0.29) is 0 Å². The van der Waals surface area contributed by atoms with E-state index in [1.807, 2.05) is 6.92 Å². The number of nitrogens with zero attached hydrogens (tertiary/aromatic N) is 4. The van der Waals surface area contributed by atoms with Crippen molar-refractivity contribution < 1.29 is 4.42 Å². The molecule has 7 heteroatoms. The molecule has 2 aromatic rings. The largest absolute Gasteiger partial charge is 0.440 e. The predicted molar refractivity (Wildman–Crippen MR) is 66.3 cm³/mol. The summed E-state index contributed by atoms with van der Waals surface area (Å²) in [7, 11) is 0. The third-order valence-electron chi connectivity index (χ3n) is 3.09. The maximum Gasteiger partial charge on any atom is 0.245 e. The van der Waals surface area contributed by atoms with Crippen molar-refractivity contribution in [3.8, 4) is 11.6 Å². The maximum atomic E-state index is 5.30. The van der Waals surface area contributed by atoms with Crippen molar-refractivity contribution in [2.45, 2.75) is 19.9 Å². The standard InChI is InChI=1S/C11H16N6O/c1-7-5-17(4-3-12-7)11-14-10(15-16-11)9-8(2)13-6-18-9/h6-7,12H,3-5H2,1-2H3,(H,14,15,16)/t7-/m1/s1. The van der Waals surface area contributed by atoms with E-state index < -0.39 is 0 Å². The summed E-state index contributed by atoms with van der Waals surface area (Å²) in [6, 6.07) is 0.452. The molecular weight excluding hydrogens is 232 g/mol. The fraction of sp³-hybridized carbons (Fsp3) is 0.545. The predicted octanol–water partition coefficient (Wildman–Crippen LogP) is 0.566. The second kappa shape index (κ2) is 4.41. The first-order valence-electron chi connectivity index (χ1n) is 6.05. The van der Waals surface area contributed by atoms with Crippen molar-refractivity contribution in [3.05, 3.63) is 12.1 Å². The van der Waals surface area contributed by atoms with Crippen molar-refractivity contribution in [2.24, 2.45) is 0 Å². The van der Waals surface area contributed by atoms with E-state index >= 15 is 0 Å². The van der Waals surface area contributed by atoms with Gasteiger partial charge in [0, 0.05) is 25.7 Å². The summed E-state index contributed by atoms with van der Waals surface area (Å²) in [5.41, 5.74) is 0.811. The van der Waals surface area contributed by atoms with Crippen LogP contribution in [0.1, 0.15) is 12.6 Å². The Labute approximate surface area is 105 Å². The molecule has 0 bridgehead atoms. The molecule has 96 valence electrons. The van der Waals surface area contributed by atoms with Gasteiger partial charge in [0.05, 0.1) is 5.69 Å². The molecule has 1 aliphatic rings. The number of H-pyrrole nitrogens is 1. The average molecular weight is 248 g/mol. The highest BCUT2D eigenvalue weighted by atomic mass is 16.3. The molecule has 1 atom stereocenters. The van der Waals surface area contributed by atoms with Crippen LogP contribution in [0.25, 0.3) is 11.6 Å². The van der Waals surface area contributed by atoms with Gasteiger partial charge in [0.1, 0.15) is 0 Å². The monoisotopic (exact) mass is 248 g/mol. The van der Waals surface area contributed by atoms with Crippen LogP contribution in [0, 0.1) is 6.92 Å². The molecule has 1 saturated heterocycles. The Bertz CT molecular complexity index is 533. The van der Waals surface area contributed by atoms with Crippen LogP contribution >= 0.6 is 0 Å². The van der Waals surface area contributed by atoms with Gasteiger partial charge in [0.25, 0.3) is 0 Å². The van der Waals surface area contributed by atoms with Crippen LogP contribution in [-0.4, -0.2) is 45.8 Å². The fourth-order valence-electron chi connectivity index (χ4n) is 2.14. The minimum Gasteiger partial charge on any atom is -0.440 e. The summed E-state index contributed by atoms with van der Waals surface area (Å²) < 4.78 is 5.30. The SMILES string of the molecule is Cc1ncoc1-c1nc(N2CCN[C@H](C)C2)n[nH]1. The lowest BCUT2D eigenvalue weighted by atomic mass is 10.2. The van der Waals surface area contributed by atoms with Gasteiger partial charge in [-0.1, -0.05) is 0 Å². The average Bonchev–Trinajstić information content (AvgIpc) is 2.97. The Hall–Kier alpha value is -1.89. The summed E-state index contributed by atoms with van der Waals surface area (Å²) in [4.78, 5) is 10.7. The van der Waals surface area contributed by atoms with Gasteiger partial charge in [-0.25, -0.2) is 4.98 Å². The Morgan fingerprint density at radius 1 is 1.50 bits per heavy atom. The number of aromatic amines is 1. The molecule has 0 aromatic carbocycles. The van der Waals surface area contributed by atoms with Crippen molar-refractivity contribution >= 4 is 5.95 Å². The maximum absolute atomic E-state index is 5.30. The van der Waals surface area contributed by atoms with Crippen molar-refractivity contribution in [1.82, 2.24) is 25.5 Å². The smallest absolute Gasteiger partial charge is 0.245 e. The number of aryl methyl sites for hydroxylation is 1. The first-order valence-corrected chi connectivity index (χ1v) is 6.05. The molecular formula is C11H16N6O. The van der Waals surface area contributed by atoms with Gasteiger partial charge in [0.15, 0.2) is 18.0 Å². The van der Waals surface area contributed by atoms with Crippen molar-refractivity contribution in [2.75, 3.05) is 24.5 Å². The van der Waals surface area contributed by atoms with E-state index in [0.717, 1.165) is 25.3 Å². The van der Waals surface area contributed by atoms with Crippen molar-refractivity contribution in [3.63, 3.8) is 0 Å². The van der Waals surface area contributed by atoms with E-state index in [0.29, 0.717) is 23.6 Å². The highest BCUT2D eigenvalue weighted by Gasteiger charge is 2.20. The zero-order chi connectivity index (χ0) is 12.5. The van der Waals surface area contributed by atoms with E-state index in [2.05, 4.69) is 37.3 Å². The van der Waals surface area contributed by atoms with Crippen LogP contribution < -0.4 is 10.2 Å². The molecule has 3 rings (SSSR count). The number of oxazole rings is 1. The summed E-state index contributed by atoms with van der Waals surface area (Å²) in [6.07, 6.45) is 1.42. The summed E-state index contributed by atoms with van der Waals surface area (Å²) >= 11 is 0. The van der Waals surface area contributed by atoms with Gasteiger partial charge in [0.2, 0.25) is 5.95 Å². The zero-order valence-corrected chi connectivity index (χ0v) is 10.5. The molecule has 0 unspecified atom stereocenters. The number of rotatable bonds is 2. The number of piperazine rings is 1. The number of hydrogen-bond acceptors (Lipinski definition) is 6. The van der Waals surface area contributed by atoms with Gasteiger partial charge in [-0.15, -0.1) is 5.10 Å². The molecule has 0 radical (unpaired) electrons. The molecule has 18 heavy (non-hydrogen) atoms. The highest BCUT2D eigenvalue weighted by molar-refractivity contribution is 5.51. The zero-order valence-electron chi connectivity index (χ0n) is 10.5. The van der Waals surface area contributed by atoms with Gasteiger partial charge in [-0.3, -0.25) is 5.10 Å². The van der Waals surface area contributed by atoms with Gasteiger partial charge in [-0.05, 0) is 13.8 Å². The van der Waals surface area contributed by atoms with Crippen LogP contribution in [0.4, 0.5) is 5.95 Å². The molecule has 2 N–H and O–H groups in total. The van der Waals surface area contributed by atoms with Crippen LogP contribution in [-0.2, 0) is 0 Å². The van der Waals surface area contributed by atoms with E-state index in [4.69, 9.17) is 4.42 Å². The lowest BCUT2D eigenvalue weighted by Gasteiger charge is -2.30. The molecule has 3 heterocycles. The van der Waals surface area contributed by atoms with Crippen molar-refractivity contribution in [1.29, 1.82) is 0 Å². The third kappa shape index (κ3) is 1.97. The number of anilines is 1. The van der Waals surface area contributed by atoms with Crippen LogP contribution in [0.2, 0.25) is 0 Å². The third-order valence-corrected chi connectivity index (χ3v) is 3.09. The van der Waals surface area contributed by atoms with Crippen LogP contribution in [0.5, 0.6) is 0 Å². The minimum absolute atomic E-state index is 0.452. The summed E-state index contributed by atoms with van der Waals surface area (Å²) in [5, 5.41) is 10.5. The lowest BCUT2D eigenvalue weighted by molar-refractivity contribution is 0.480. The first kappa shape index (κ1) is 11.2. The fourth-order valence-corrected chi connectivity index (χ4v) is 2.14. The van der Waals surface area contributed by atoms with Gasteiger partial charge < -0.3 is 14.6 Å². The van der Waals surface area contributed by atoms with Gasteiger partial charge in [-0.2, -0.15) is 4.98 Å². The minimum atomic E-state index is 0.452. The molecule has 0 saturated carbocycles. The molecule has 7 nitrogen and oxygen atoms in total. The van der Waals surface area contributed by atoms with E-state index in [1.165, 1.54) is 6.39 Å². The van der Waals surface area contributed by atoms with Crippen LogP contribution in [0.15, 0.2) is 10.8 Å². The summed E-state index contributed by atoms with van der Waals surface area (Å²) in [5.74, 6) is 2.00. The first-order chi connectivity index (χ1) is 8.74. The molecule has 0 amide bonds. The molecule has 1 aliphatic heterocycles. The highest BCUT2D eigenvalue weighted by Crippen LogP contribution is 2.20. The Morgan fingerprint density at radius 3 is 3.11 bits per heavy atom. The van der Waals surface area contributed by atoms with E-state index in [9.17, 15) is 0 Å². The number of nitrogens with one attached hydrogen (secondary N) is 2. The topological polar surface area (TPSA) is 82.9 Å². The molecule has 1 fully saturated rings. The Balaban J connectivity index is 1.83. The number of hydrogen-bond donors (Lipinski definition) is 2. The molecule has 0 aliphatic carbocycles.